The smallest absolute Gasteiger partial charge is 0.326 e. The topological polar surface area (TPSA) is 259 Å². The predicted molar refractivity (Wildman–Crippen MR) is 153 cm³/mol. The number of hydrogen-bond acceptors (Lipinski definition) is 7. The minimum Gasteiger partial charge on any atom is -0.481 e. The molecule has 15 nitrogen and oxygen atoms in total. The second-order valence-electron chi connectivity index (χ2n) is 10.2. The van der Waals surface area contributed by atoms with Crippen molar-refractivity contribution in [3.05, 3.63) is 36.0 Å². The van der Waals surface area contributed by atoms with Crippen molar-refractivity contribution in [2.24, 2.45) is 22.2 Å². The van der Waals surface area contributed by atoms with Crippen LogP contribution in [0.25, 0.3) is 10.9 Å². The number of aliphatic imine (C=N–C) groups is 1. The Morgan fingerprint density at radius 2 is 1.76 bits per heavy atom. The molecule has 3 amide bonds. The fourth-order valence-corrected chi connectivity index (χ4v) is 4.97. The first kappa shape index (κ1) is 31.9. The molecule has 0 radical (unpaired) electrons. The van der Waals surface area contributed by atoms with Crippen molar-refractivity contribution in [3.8, 4) is 0 Å². The van der Waals surface area contributed by atoms with Crippen molar-refractivity contribution in [2.45, 2.75) is 69.1 Å². The number of H-pyrrole nitrogens is 1. The number of aromatic amines is 1. The molecule has 4 unspecified atom stereocenters. The van der Waals surface area contributed by atoms with Crippen LogP contribution >= 0.6 is 0 Å². The maximum atomic E-state index is 13.4. The number of carboxylic acid groups (broad SMARTS) is 2. The summed E-state index contributed by atoms with van der Waals surface area (Å²) in [7, 11) is 0. The molecule has 11 N–H and O–H groups in total. The van der Waals surface area contributed by atoms with Crippen LogP contribution in [0.5, 0.6) is 0 Å². The van der Waals surface area contributed by atoms with E-state index in [2.05, 4.69) is 20.6 Å². The van der Waals surface area contributed by atoms with Gasteiger partial charge in [0.05, 0.1) is 6.04 Å². The van der Waals surface area contributed by atoms with Gasteiger partial charge in [-0.3, -0.25) is 24.2 Å². The second-order valence-corrected chi connectivity index (χ2v) is 10.2. The number of likely N-dealkylation sites (tertiary alicyclic amines) is 1. The Balaban J connectivity index is 1.74. The van der Waals surface area contributed by atoms with Gasteiger partial charge in [0, 0.05) is 36.6 Å². The van der Waals surface area contributed by atoms with Crippen molar-refractivity contribution in [1.29, 1.82) is 0 Å². The van der Waals surface area contributed by atoms with Crippen LogP contribution in [0.15, 0.2) is 35.5 Å². The summed E-state index contributed by atoms with van der Waals surface area (Å²) in [6.45, 7) is 0.365. The molecule has 42 heavy (non-hydrogen) atoms. The number of carboxylic acids is 2. The maximum Gasteiger partial charge on any atom is 0.326 e. The standard InChI is InChI=1S/C27H38N8O7/c28-17(13-15-14-32-18-6-2-1-5-16(15)18)23(38)33-19(9-10-22(36)37)24(39)34-20(7-3-11-31-27(29)30)25(40)35-12-4-8-21(35)26(41)42/h1-2,5-6,14,17,19-21,32H,3-4,7-13,28H2,(H,33,38)(H,34,39)(H,36,37)(H,41,42)(H4,29,30,31). The highest BCUT2D eigenvalue weighted by Gasteiger charge is 2.38. The van der Waals surface area contributed by atoms with Gasteiger partial charge in [0.15, 0.2) is 5.96 Å². The van der Waals surface area contributed by atoms with Crippen LogP contribution < -0.4 is 27.8 Å². The number of para-hydroxylation sites is 1. The summed E-state index contributed by atoms with van der Waals surface area (Å²) in [5.41, 5.74) is 18.5. The lowest BCUT2D eigenvalue weighted by atomic mass is 10.0. The average molecular weight is 587 g/mol. The Morgan fingerprint density at radius 1 is 1.05 bits per heavy atom. The summed E-state index contributed by atoms with van der Waals surface area (Å²) in [5, 5.41) is 24.8. The van der Waals surface area contributed by atoms with Crippen molar-refractivity contribution in [1.82, 2.24) is 20.5 Å². The lowest BCUT2D eigenvalue weighted by molar-refractivity contribution is -0.149. The number of nitrogens with one attached hydrogen (secondary N) is 3. The summed E-state index contributed by atoms with van der Waals surface area (Å²) in [6.07, 6.45) is 2.32. The third-order valence-electron chi connectivity index (χ3n) is 7.11. The van der Waals surface area contributed by atoms with E-state index in [1.165, 1.54) is 4.90 Å². The normalized spacial score (nSPS) is 16.8. The lowest BCUT2D eigenvalue weighted by Gasteiger charge is -2.29. The van der Waals surface area contributed by atoms with Gasteiger partial charge in [-0.1, -0.05) is 18.2 Å². The van der Waals surface area contributed by atoms with Crippen LogP contribution in [-0.4, -0.2) is 93.0 Å². The molecule has 1 aromatic carbocycles. The van der Waals surface area contributed by atoms with E-state index < -0.39 is 60.2 Å². The predicted octanol–water partition coefficient (Wildman–Crippen LogP) is -0.999. The number of benzene rings is 1. The highest BCUT2D eigenvalue weighted by atomic mass is 16.4. The number of fused-ring (bicyclic) bond motifs is 1. The highest BCUT2D eigenvalue weighted by molar-refractivity contribution is 5.95. The monoisotopic (exact) mass is 586 g/mol. The van der Waals surface area contributed by atoms with Crippen molar-refractivity contribution in [2.75, 3.05) is 13.1 Å². The van der Waals surface area contributed by atoms with Crippen LogP contribution in [0.2, 0.25) is 0 Å². The molecule has 3 rings (SSSR count). The Hall–Kier alpha value is -4.66. The van der Waals surface area contributed by atoms with Crippen LogP contribution in [0.3, 0.4) is 0 Å². The summed E-state index contributed by atoms with van der Waals surface area (Å²) < 4.78 is 0. The number of guanidine groups is 1. The van der Waals surface area contributed by atoms with Gasteiger partial charge in [-0.15, -0.1) is 0 Å². The van der Waals surface area contributed by atoms with E-state index in [1.807, 2.05) is 24.3 Å². The minimum absolute atomic E-state index is 0.0733. The van der Waals surface area contributed by atoms with Gasteiger partial charge in [-0.2, -0.15) is 0 Å². The third kappa shape index (κ3) is 8.67. The molecular formula is C27H38N8O7. The van der Waals surface area contributed by atoms with E-state index in [0.717, 1.165) is 16.5 Å². The average Bonchev–Trinajstić information content (AvgIpc) is 3.60. The number of aliphatic carboxylic acids is 2. The van der Waals surface area contributed by atoms with Crippen LogP contribution in [0.4, 0.5) is 0 Å². The summed E-state index contributed by atoms with van der Waals surface area (Å²) in [4.78, 5) is 70.9. The Bertz CT molecular complexity index is 1320. The number of carbonyl (C=O) groups is 5. The van der Waals surface area contributed by atoms with Crippen molar-refractivity contribution >= 4 is 46.5 Å². The third-order valence-corrected chi connectivity index (χ3v) is 7.11. The van der Waals surface area contributed by atoms with Gasteiger partial charge in [0.2, 0.25) is 17.7 Å². The largest absolute Gasteiger partial charge is 0.481 e. The zero-order valence-electron chi connectivity index (χ0n) is 23.1. The number of aromatic nitrogens is 1. The Kier molecular flexibility index (Phi) is 11.2. The van der Waals surface area contributed by atoms with Crippen LogP contribution in [-0.2, 0) is 30.4 Å². The fraction of sp³-hybridized carbons (Fsp3) is 0.481. The molecule has 1 aliphatic heterocycles. The molecule has 0 bridgehead atoms. The molecular weight excluding hydrogens is 548 g/mol. The lowest BCUT2D eigenvalue weighted by Crippen LogP contribution is -2.57. The van der Waals surface area contributed by atoms with Gasteiger partial charge < -0.3 is 47.9 Å². The number of amides is 3. The van der Waals surface area contributed by atoms with E-state index >= 15 is 0 Å². The number of nitrogens with two attached hydrogens (primary N) is 3. The molecule has 4 atom stereocenters. The Morgan fingerprint density at radius 3 is 2.45 bits per heavy atom. The number of rotatable bonds is 15. The van der Waals surface area contributed by atoms with E-state index in [1.54, 1.807) is 6.20 Å². The Labute approximate surface area is 241 Å². The SMILES string of the molecule is NC(N)=NCCCC(NC(=O)C(CCC(=O)O)NC(=O)C(N)Cc1c[nH]c2ccccc12)C(=O)N1CCCC1C(=O)O. The van der Waals surface area contributed by atoms with Gasteiger partial charge in [-0.25, -0.2) is 4.79 Å². The maximum absolute atomic E-state index is 13.4. The molecule has 1 aromatic heterocycles. The van der Waals surface area contributed by atoms with Gasteiger partial charge >= 0.3 is 11.9 Å². The first-order chi connectivity index (χ1) is 20.0. The molecule has 1 aliphatic rings. The second kappa shape index (κ2) is 14.8. The minimum atomic E-state index is -1.32. The molecule has 15 heteroatoms. The first-order valence-electron chi connectivity index (χ1n) is 13.7. The molecule has 0 aliphatic carbocycles. The fourth-order valence-electron chi connectivity index (χ4n) is 4.97. The van der Waals surface area contributed by atoms with Crippen molar-refractivity contribution < 1.29 is 34.2 Å². The number of carbonyl (C=O) groups excluding carboxylic acids is 3. The van der Waals surface area contributed by atoms with E-state index in [0.29, 0.717) is 6.42 Å². The van der Waals surface area contributed by atoms with Gasteiger partial charge in [0.25, 0.3) is 0 Å². The molecule has 0 saturated carbocycles. The van der Waals surface area contributed by atoms with E-state index in [4.69, 9.17) is 17.2 Å². The van der Waals surface area contributed by atoms with E-state index in [9.17, 15) is 34.2 Å². The van der Waals surface area contributed by atoms with E-state index in [-0.39, 0.29) is 51.2 Å². The molecule has 0 spiro atoms. The number of nitrogens with zero attached hydrogens (tertiary/aromatic N) is 2. The molecule has 2 aromatic rings. The first-order valence-corrected chi connectivity index (χ1v) is 13.7. The summed E-state index contributed by atoms with van der Waals surface area (Å²) in [5.74, 6) is -4.55. The van der Waals surface area contributed by atoms with Gasteiger partial charge in [0.1, 0.15) is 18.1 Å². The zero-order chi connectivity index (χ0) is 30.8. The number of hydrogen-bond donors (Lipinski definition) is 8. The highest BCUT2D eigenvalue weighted by Crippen LogP contribution is 2.21. The summed E-state index contributed by atoms with van der Waals surface area (Å²) >= 11 is 0. The van der Waals surface area contributed by atoms with Crippen LogP contribution in [0, 0.1) is 0 Å². The molecule has 1 saturated heterocycles. The zero-order valence-corrected chi connectivity index (χ0v) is 23.1. The van der Waals surface area contributed by atoms with Gasteiger partial charge in [-0.05, 0) is 50.2 Å². The quantitative estimate of drug-likeness (QED) is 0.0717. The van der Waals surface area contributed by atoms with Crippen LogP contribution in [0.1, 0.15) is 44.1 Å². The molecule has 1 fully saturated rings. The molecule has 2 heterocycles. The van der Waals surface area contributed by atoms with Crippen molar-refractivity contribution in [3.63, 3.8) is 0 Å². The molecule has 228 valence electrons. The summed E-state index contributed by atoms with van der Waals surface area (Å²) in [6, 6.07) is 2.93.